The van der Waals surface area contributed by atoms with Gasteiger partial charge in [-0.1, -0.05) is 121 Å². The molecule has 0 aromatic rings. The van der Waals surface area contributed by atoms with Gasteiger partial charge in [-0.15, -0.1) is 0 Å². The Balaban J connectivity index is 6.42. The standard InChI is InChI=1S/C59H107N7O12/c1-13-15-16-17-18-19-20-21-44(69)29-41(22-24-60)56(75)66-54(39(11)14-2)53(73)33-46(40(12)68)59(78)65-48(27-36(5)6)50(70)30-42(26-35(3)4)57(76)63-47(23-25-61)52(72)32-45(38(9)10)58(77)64-49(28-37(7)8)51(71)31-43(34-67)55(62)74/h35-43,45-49,54,67-68H,13-34,60-61H2,1-12H3,(H2,62,74)(H,63,76)(H,64,77)(H,65,78)(H,66,75)/t39-,40?,41+,42+,43-,45+,46-,47-,48+,49-,54-/m0/s1. The summed E-state index contributed by atoms with van der Waals surface area (Å²) in [6.07, 6.45) is 6.26. The Bertz CT molecular complexity index is 1870. The molecule has 19 nitrogen and oxygen atoms in total. The molecule has 0 aliphatic heterocycles. The third-order valence-electron chi connectivity index (χ3n) is 14.8. The third kappa shape index (κ3) is 29.1. The fraction of sp³-hybridized carbons (Fsp3) is 0.831. The summed E-state index contributed by atoms with van der Waals surface area (Å²) in [5, 5.41) is 31.8. The van der Waals surface area contributed by atoms with E-state index in [2.05, 4.69) is 28.2 Å². The molecule has 450 valence electrons. The van der Waals surface area contributed by atoms with Gasteiger partial charge in [0.2, 0.25) is 29.5 Å². The van der Waals surface area contributed by atoms with Gasteiger partial charge in [0.25, 0.3) is 0 Å². The molecule has 1 unspecified atom stereocenters. The van der Waals surface area contributed by atoms with Crippen LogP contribution in [0.4, 0.5) is 0 Å². The van der Waals surface area contributed by atoms with Crippen molar-refractivity contribution in [3.63, 3.8) is 0 Å². The molecule has 0 aromatic heterocycles. The van der Waals surface area contributed by atoms with Crippen LogP contribution >= 0.6 is 0 Å². The molecule has 0 spiro atoms. The minimum absolute atomic E-state index is 0.00295. The van der Waals surface area contributed by atoms with E-state index < -0.39 is 131 Å². The van der Waals surface area contributed by atoms with Gasteiger partial charge >= 0.3 is 0 Å². The lowest BCUT2D eigenvalue weighted by molar-refractivity contribution is -0.138. The molecule has 0 aliphatic rings. The van der Waals surface area contributed by atoms with Gasteiger partial charge in [0.1, 0.15) is 5.78 Å². The van der Waals surface area contributed by atoms with E-state index in [0.29, 0.717) is 12.8 Å². The van der Waals surface area contributed by atoms with Gasteiger partial charge in [-0.2, -0.15) is 0 Å². The highest BCUT2D eigenvalue weighted by Gasteiger charge is 2.38. The van der Waals surface area contributed by atoms with Crippen LogP contribution in [0.3, 0.4) is 0 Å². The summed E-state index contributed by atoms with van der Waals surface area (Å²) in [7, 11) is 0. The smallest absolute Gasteiger partial charge is 0.226 e. The molecule has 0 rings (SSSR count). The molecule has 0 heterocycles. The zero-order valence-corrected chi connectivity index (χ0v) is 49.9. The van der Waals surface area contributed by atoms with Crippen LogP contribution < -0.4 is 38.5 Å². The van der Waals surface area contributed by atoms with Crippen molar-refractivity contribution < 1.29 is 58.2 Å². The number of rotatable bonds is 46. The van der Waals surface area contributed by atoms with Crippen molar-refractivity contribution >= 4 is 58.5 Å². The van der Waals surface area contributed by atoms with Gasteiger partial charge in [0.15, 0.2) is 23.1 Å². The summed E-state index contributed by atoms with van der Waals surface area (Å²) in [5.41, 5.74) is 17.2. The molecule has 0 saturated carbocycles. The molecule has 0 bridgehead atoms. The first kappa shape index (κ1) is 73.5. The number of Topliss-reactive ketones (excluding diaryl/α,β-unsaturated/α-hetero) is 5. The first-order chi connectivity index (χ1) is 36.6. The number of nitrogens with two attached hydrogens (primary N) is 3. The van der Waals surface area contributed by atoms with Crippen LogP contribution in [-0.2, 0) is 47.9 Å². The highest BCUT2D eigenvalue weighted by atomic mass is 16.3. The second-order valence-electron chi connectivity index (χ2n) is 23.8. The SMILES string of the molecule is CCCCCCCCCC(=O)C[C@@H](CCN)C(=O)N[C@H](C(=O)C[C@H](C(=O)N[C@H](CC(C)C)C(=O)C[C@@H](CC(C)C)C(=O)N[C@@H](CCN)C(=O)C[C@@H](C(=O)N[C@@H](CC(C)C)C(=O)C[C@@H](CO)C(N)=O)C(C)C)C(C)O)[C@@H](C)CC. The summed E-state index contributed by atoms with van der Waals surface area (Å²) in [4.78, 5) is 137. The Morgan fingerprint density at radius 3 is 1.37 bits per heavy atom. The van der Waals surface area contributed by atoms with E-state index in [4.69, 9.17) is 17.2 Å². The molecule has 0 aliphatic carbocycles. The normalized spacial score (nSPS) is 16.0. The van der Waals surface area contributed by atoms with Crippen LogP contribution in [0.1, 0.15) is 205 Å². The number of carbonyl (C=O) groups excluding carboxylic acids is 10. The number of unbranched alkanes of at least 4 members (excludes halogenated alkanes) is 6. The number of aliphatic hydroxyl groups is 2. The van der Waals surface area contributed by atoms with Crippen LogP contribution in [-0.4, -0.2) is 119 Å². The predicted molar refractivity (Wildman–Crippen MR) is 304 cm³/mol. The Labute approximate surface area is 467 Å². The van der Waals surface area contributed by atoms with Gasteiger partial charge in [0.05, 0.1) is 48.7 Å². The molecule has 19 heteroatoms. The largest absolute Gasteiger partial charge is 0.396 e. The van der Waals surface area contributed by atoms with Crippen molar-refractivity contribution in [2.24, 2.45) is 76.4 Å². The summed E-state index contributed by atoms with van der Waals surface area (Å²) >= 11 is 0. The van der Waals surface area contributed by atoms with Crippen LogP contribution in [0, 0.1) is 59.2 Å². The average molecular weight is 1110 g/mol. The number of aliphatic hydroxyl groups excluding tert-OH is 2. The monoisotopic (exact) mass is 1110 g/mol. The summed E-state index contributed by atoms with van der Waals surface area (Å²) < 4.78 is 0. The van der Waals surface area contributed by atoms with Crippen molar-refractivity contribution in [1.82, 2.24) is 21.3 Å². The second-order valence-corrected chi connectivity index (χ2v) is 23.8. The first-order valence-electron chi connectivity index (χ1n) is 29.4. The summed E-state index contributed by atoms with van der Waals surface area (Å²) in [6.45, 7) is 21.3. The molecule has 0 fully saturated rings. The van der Waals surface area contributed by atoms with Gasteiger partial charge < -0.3 is 48.7 Å². The molecule has 11 atom stereocenters. The van der Waals surface area contributed by atoms with E-state index in [9.17, 15) is 58.2 Å². The average Bonchev–Trinajstić information content (AvgIpc) is 3.35. The Kier molecular flexibility index (Phi) is 37.6. The second kappa shape index (κ2) is 39.8. The van der Waals surface area contributed by atoms with Crippen molar-refractivity contribution in [2.45, 2.75) is 235 Å². The van der Waals surface area contributed by atoms with Crippen molar-refractivity contribution in [3.8, 4) is 0 Å². The summed E-state index contributed by atoms with van der Waals surface area (Å²) in [6, 6.07) is -4.32. The zero-order chi connectivity index (χ0) is 59.8. The molecular formula is C59H107N7O12. The minimum Gasteiger partial charge on any atom is -0.396 e. The van der Waals surface area contributed by atoms with E-state index in [0.717, 1.165) is 32.1 Å². The topological polar surface area (TPSA) is 337 Å². The van der Waals surface area contributed by atoms with Crippen molar-refractivity contribution in [1.29, 1.82) is 0 Å². The lowest BCUT2D eigenvalue weighted by Gasteiger charge is -2.29. The van der Waals surface area contributed by atoms with Crippen LogP contribution in [0.2, 0.25) is 0 Å². The quantitative estimate of drug-likeness (QED) is 0.0348. The molecular weight excluding hydrogens is 999 g/mol. The lowest BCUT2D eigenvalue weighted by atomic mass is 9.85. The molecule has 12 N–H and O–H groups in total. The third-order valence-corrected chi connectivity index (χ3v) is 14.8. The number of carbonyl (C=O) groups is 10. The van der Waals surface area contributed by atoms with Gasteiger partial charge in [-0.05, 0) is 88.1 Å². The predicted octanol–water partition coefficient (Wildman–Crippen LogP) is 5.34. The van der Waals surface area contributed by atoms with E-state index in [1.807, 2.05) is 48.5 Å². The Morgan fingerprint density at radius 2 is 0.923 bits per heavy atom. The first-order valence-corrected chi connectivity index (χ1v) is 29.4. The number of primary amides is 1. The molecule has 78 heavy (non-hydrogen) atoms. The number of amides is 5. The van der Waals surface area contributed by atoms with Crippen LogP contribution in [0.25, 0.3) is 0 Å². The number of nitrogens with one attached hydrogen (secondary N) is 4. The highest BCUT2D eigenvalue weighted by Crippen LogP contribution is 2.25. The van der Waals surface area contributed by atoms with Gasteiger partial charge in [0, 0.05) is 56.3 Å². The molecule has 0 aromatic carbocycles. The van der Waals surface area contributed by atoms with Gasteiger partial charge in [-0.25, -0.2) is 0 Å². The minimum atomic E-state index is -1.35. The van der Waals surface area contributed by atoms with Gasteiger partial charge in [-0.3, -0.25) is 47.9 Å². The van der Waals surface area contributed by atoms with Crippen molar-refractivity contribution in [2.75, 3.05) is 19.7 Å². The number of hydrogen-bond donors (Lipinski definition) is 9. The molecule has 5 amide bonds. The number of ketones is 5. The lowest BCUT2D eigenvalue weighted by Crippen LogP contribution is -2.51. The van der Waals surface area contributed by atoms with E-state index in [1.54, 1.807) is 20.8 Å². The molecule has 0 radical (unpaired) electrons. The Hall–Kier alpha value is -4.46. The van der Waals surface area contributed by atoms with Crippen LogP contribution in [0.5, 0.6) is 0 Å². The highest BCUT2D eigenvalue weighted by molar-refractivity contribution is 5.98. The van der Waals surface area contributed by atoms with E-state index >= 15 is 0 Å². The maximum atomic E-state index is 14.4. The fourth-order valence-electron chi connectivity index (χ4n) is 9.74. The summed E-state index contributed by atoms with van der Waals surface area (Å²) in [5.74, 6) is -11.4. The van der Waals surface area contributed by atoms with E-state index in [1.165, 1.54) is 19.8 Å². The molecule has 0 saturated heterocycles. The maximum Gasteiger partial charge on any atom is 0.226 e. The zero-order valence-electron chi connectivity index (χ0n) is 49.9. The van der Waals surface area contributed by atoms with Crippen LogP contribution in [0.15, 0.2) is 0 Å². The Morgan fingerprint density at radius 1 is 0.474 bits per heavy atom. The maximum absolute atomic E-state index is 14.4. The van der Waals surface area contributed by atoms with E-state index in [-0.39, 0.29) is 100 Å². The fourth-order valence-corrected chi connectivity index (χ4v) is 9.74. The number of hydrogen-bond acceptors (Lipinski definition) is 14. The van der Waals surface area contributed by atoms with Crippen molar-refractivity contribution in [3.05, 3.63) is 0 Å².